The Kier molecular flexibility index (Phi) is 3.69. The zero-order chi connectivity index (χ0) is 13.0. The van der Waals surface area contributed by atoms with Crippen LogP contribution in [0.25, 0.3) is 11.5 Å². The van der Waals surface area contributed by atoms with Crippen LogP contribution in [0.3, 0.4) is 0 Å². The van der Waals surface area contributed by atoms with E-state index in [-0.39, 0.29) is 5.97 Å². The second-order valence-electron chi connectivity index (χ2n) is 3.52. The molecule has 94 valence electrons. The fourth-order valence-corrected chi connectivity index (χ4v) is 1.43. The first-order valence-electron chi connectivity index (χ1n) is 5.25. The number of ether oxygens (including phenoxy) is 2. The standard InChI is InChI=1S/C12H12N2O4/c1-16-7-10-13-11(18-14-10)8-3-5-9(6-4-8)12(15)17-2/h3-6H,7H2,1-2H3. The molecule has 2 rings (SSSR count). The number of hydrogen-bond donors (Lipinski definition) is 0. The van der Waals surface area contributed by atoms with Crippen LogP contribution in [0.1, 0.15) is 16.2 Å². The fraction of sp³-hybridized carbons (Fsp3) is 0.250. The molecule has 0 fully saturated rings. The molecule has 0 aliphatic rings. The van der Waals surface area contributed by atoms with E-state index in [1.807, 2.05) is 0 Å². The van der Waals surface area contributed by atoms with Gasteiger partial charge in [-0.1, -0.05) is 5.16 Å². The zero-order valence-electron chi connectivity index (χ0n) is 10.0. The molecule has 0 radical (unpaired) electrons. The summed E-state index contributed by atoms with van der Waals surface area (Å²) in [6, 6.07) is 6.72. The van der Waals surface area contributed by atoms with Crippen LogP contribution in [-0.2, 0) is 16.1 Å². The van der Waals surface area contributed by atoms with Crippen molar-refractivity contribution >= 4 is 5.97 Å². The van der Waals surface area contributed by atoms with E-state index in [1.54, 1.807) is 31.4 Å². The summed E-state index contributed by atoms with van der Waals surface area (Å²) in [5.41, 5.74) is 1.20. The van der Waals surface area contributed by atoms with Crippen molar-refractivity contribution in [3.05, 3.63) is 35.7 Å². The van der Waals surface area contributed by atoms with Gasteiger partial charge in [-0.05, 0) is 24.3 Å². The average molecular weight is 248 g/mol. The number of carbonyl (C=O) groups is 1. The first-order chi connectivity index (χ1) is 8.74. The lowest BCUT2D eigenvalue weighted by Crippen LogP contribution is -2.00. The number of aromatic nitrogens is 2. The molecule has 18 heavy (non-hydrogen) atoms. The zero-order valence-corrected chi connectivity index (χ0v) is 10.0. The largest absolute Gasteiger partial charge is 0.465 e. The summed E-state index contributed by atoms with van der Waals surface area (Å²) in [4.78, 5) is 15.4. The van der Waals surface area contributed by atoms with Gasteiger partial charge in [-0.25, -0.2) is 4.79 Å². The SMILES string of the molecule is COCc1noc(-c2ccc(C(=O)OC)cc2)n1. The third-order valence-electron chi connectivity index (χ3n) is 2.29. The van der Waals surface area contributed by atoms with Crippen molar-refractivity contribution < 1.29 is 18.8 Å². The lowest BCUT2D eigenvalue weighted by Gasteiger charge is -1.99. The van der Waals surface area contributed by atoms with E-state index >= 15 is 0 Å². The van der Waals surface area contributed by atoms with Crippen LogP contribution < -0.4 is 0 Å². The maximum atomic E-state index is 11.3. The molecule has 0 aliphatic heterocycles. The van der Waals surface area contributed by atoms with E-state index < -0.39 is 0 Å². The number of rotatable bonds is 4. The van der Waals surface area contributed by atoms with Crippen molar-refractivity contribution in [3.8, 4) is 11.5 Å². The van der Waals surface area contributed by atoms with Crippen LogP contribution in [0.2, 0.25) is 0 Å². The molecule has 0 saturated carbocycles. The molecule has 0 amide bonds. The molecule has 0 saturated heterocycles. The molecule has 0 unspecified atom stereocenters. The number of esters is 1. The van der Waals surface area contributed by atoms with Gasteiger partial charge in [0, 0.05) is 12.7 Å². The Morgan fingerprint density at radius 3 is 2.61 bits per heavy atom. The minimum atomic E-state index is -0.382. The summed E-state index contributed by atoms with van der Waals surface area (Å²) in [6.07, 6.45) is 0. The van der Waals surface area contributed by atoms with Gasteiger partial charge in [-0.2, -0.15) is 4.98 Å². The first kappa shape index (κ1) is 12.3. The third-order valence-corrected chi connectivity index (χ3v) is 2.29. The van der Waals surface area contributed by atoms with Crippen molar-refractivity contribution in [1.29, 1.82) is 0 Å². The summed E-state index contributed by atoms with van der Waals surface area (Å²) >= 11 is 0. The van der Waals surface area contributed by atoms with Gasteiger partial charge < -0.3 is 14.0 Å². The molecule has 0 aliphatic carbocycles. The minimum absolute atomic E-state index is 0.295. The molecular weight excluding hydrogens is 236 g/mol. The maximum absolute atomic E-state index is 11.3. The second-order valence-corrected chi connectivity index (χ2v) is 3.52. The summed E-state index contributed by atoms with van der Waals surface area (Å²) in [6.45, 7) is 0.295. The number of nitrogens with zero attached hydrogens (tertiary/aromatic N) is 2. The average Bonchev–Trinajstić information content (AvgIpc) is 2.87. The highest BCUT2D eigenvalue weighted by Gasteiger charge is 2.10. The van der Waals surface area contributed by atoms with Crippen LogP contribution in [0.15, 0.2) is 28.8 Å². The van der Waals surface area contributed by atoms with E-state index in [0.717, 1.165) is 5.56 Å². The second kappa shape index (κ2) is 5.42. The van der Waals surface area contributed by atoms with Gasteiger partial charge in [0.1, 0.15) is 6.61 Å². The Bertz CT molecular complexity index is 533. The van der Waals surface area contributed by atoms with E-state index in [1.165, 1.54) is 7.11 Å². The van der Waals surface area contributed by atoms with E-state index in [9.17, 15) is 4.79 Å². The van der Waals surface area contributed by atoms with Gasteiger partial charge in [-0.3, -0.25) is 0 Å². The Morgan fingerprint density at radius 1 is 1.28 bits per heavy atom. The Hall–Kier alpha value is -2.21. The van der Waals surface area contributed by atoms with E-state index in [2.05, 4.69) is 14.9 Å². The summed E-state index contributed by atoms with van der Waals surface area (Å²) in [5, 5.41) is 3.75. The predicted octanol–water partition coefficient (Wildman–Crippen LogP) is 1.67. The molecule has 1 heterocycles. The fourth-order valence-electron chi connectivity index (χ4n) is 1.43. The lowest BCUT2D eigenvalue weighted by molar-refractivity contribution is 0.0601. The van der Waals surface area contributed by atoms with E-state index in [4.69, 9.17) is 9.26 Å². The smallest absolute Gasteiger partial charge is 0.337 e. The van der Waals surface area contributed by atoms with Gasteiger partial charge in [0.05, 0.1) is 12.7 Å². The Labute approximate surface area is 104 Å². The third kappa shape index (κ3) is 2.54. The Morgan fingerprint density at radius 2 is 2.00 bits per heavy atom. The number of methoxy groups -OCH3 is 2. The highest BCUT2D eigenvalue weighted by atomic mass is 16.5. The van der Waals surface area contributed by atoms with Gasteiger partial charge >= 0.3 is 5.97 Å². The molecule has 1 aromatic carbocycles. The molecule has 6 nitrogen and oxygen atoms in total. The molecular formula is C12H12N2O4. The normalized spacial score (nSPS) is 10.3. The summed E-state index contributed by atoms with van der Waals surface area (Å²) in [7, 11) is 2.90. The van der Waals surface area contributed by atoms with Crippen LogP contribution in [-0.4, -0.2) is 30.3 Å². The van der Waals surface area contributed by atoms with E-state index in [0.29, 0.717) is 23.9 Å². The first-order valence-corrected chi connectivity index (χ1v) is 5.25. The van der Waals surface area contributed by atoms with Gasteiger partial charge in [0.25, 0.3) is 5.89 Å². The Balaban J connectivity index is 2.20. The van der Waals surface area contributed by atoms with Crippen molar-refractivity contribution in [3.63, 3.8) is 0 Å². The monoisotopic (exact) mass is 248 g/mol. The van der Waals surface area contributed by atoms with Crippen LogP contribution in [0, 0.1) is 0 Å². The molecule has 6 heteroatoms. The number of carbonyl (C=O) groups excluding carboxylic acids is 1. The van der Waals surface area contributed by atoms with Crippen LogP contribution >= 0.6 is 0 Å². The van der Waals surface area contributed by atoms with Crippen LogP contribution in [0.5, 0.6) is 0 Å². The lowest BCUT2D eigenvalue weighted by atomic mass is 10.1. The highest BCUT2D eigenvalue weighted by molar-refractivity contribution is 5.89. The van der Waals surface area contributed by atoms with Crippen LogP contribution in [0.4, 0.5) is 0 Å². The molecule has 0 N–H and O–H groups in total. The maximum Gasteiger partial charge on any atom is 0.337 e. The summed E-state index contributed by atoms with van der Waals surface area (Å²) < 4.78 is 14.6. The highest BCUT2D eigenvalue weighted by Crippen LogP contribution is 2.18. The van der Waals surface area contributed by atoms with Crippen molar-refractivity contribution in [2.24, 2.45) is 0 Å². The van der Waals surface area contributed by atoms with Gasteiger partial charge in [0.15, 0.2) is 5.82 Å². The molecule has 1 aromatic heterocycles. The number of benzene rings is 1. The molecule has 0 spiro atoms. The molecule has 0 atom stereocenters. The topological polar surface area (TPSA) is 74.5 Å². The van der Waals surface area contributed by atoms with Gasteiger partial charge in [0.2, 0.25) is 0 Å². The minimum Gasteiger partial charge on any atom is -0.465 e. The van der Waals surface area contributed by atoms with Crippen molar-refractivity contribution in [2.75, 3.05) is 14.2 Å². The number of hydrogen-bond acceptors (Lipinski definition) is 6. The molecule has 2 aromatic rings. The molecule has 0 bridgehead atoms. The predicted molar refractivity (Wildman–Crippen MR) is 61.8 cm³/mol. The van der Waals surface area contributed by atoms with Crippen molar-refractivity contribution in [2.45, 2.75) is 6.61 Å². The van der Waals surface area contributed by atoms with Gasteiger partial charge in [-0.15, -0.1) is 0 Å². The quantitative estimate of drug-likeness (QED) is 0.766. The summed E-state index contributed by atoms with van der Waals surface area (Å²) in [5.74, 6) is 0.482. The van der Waals surface area contributed by atoms with Crippen molar-refractivity contribution in [1.82, 2.24) is 10.1 Å².